The number of ether oxygens (including phenoxy) is 1. The molecule has 3 heterocycles. The minimum Gasteiger partial charge on any atom is -0.379 e. The van der Waals surface area contributed by atoms with E-state index in [1.807, 2.05) is 18.3 Å². The molecule has 2 aromatic heterocycles. The van der Waals surface area contributed by atoms with E-state index in [4.69, 9.17) is 4.74 Å². The van der Waals surface area contributed by atoms with Crippen molar-refractivity contribution in [3.63, 3.8) is 0 Å². The zero-order valence-electron chi connectivity index (χ0n) is 10.0. The molecule has 0 aliphatic carbocycles. The lowest BCUT2D eigenvalue weighted by Gasteiger charge is -2.23. The first kappa shape index (κ1) is 11.8. The molecule has 2 aromatic rings. The average molecular weight is 261 g/mol. The standard InChI is InChI=1S/C13H15N3OS/c1-2-12(18-7-1)11-3-4-15-13(16-11)8-10-9-17-6-5-14-10/h1-4,7,10,14H,5-6,8-9H2. The van der Waals surface area contributed by atoms with Crippen molar-refractivity contribution < 1.29 is 4.74 Å². The Kier molecular flexibility index (Phi) is 3.64. The van der Waals surface area contributed by atoms with Gasteiger partial charge in [-0.2, -0.15) is 0 Å². The number of aromatic nitrogens is 2. The second-order valence-corrected chi connectivity index (χ2v) is 5.21. The molecule has 0 aromatic carbocycles. The lowest BCUT2D eigenvalue weighted by molar-refractivity contribution is 0.0764. The second kappa shape index (κ2) is 5.56. The van der Waals surface area contributed by atoms with Crippen LogP contribution in [0.25, 0.3) is 10.6 Å². The van der Waals surface area contributed by atoms with Crippen molar-refractivity contribution in [1.82, 2.24) is 15.3 Å². The normalized spacial score (nSPS) is 19.9. The van der Waals surface area contributed by atoms with E-state index in [0.29, 0.717) is 6.04 Å². The van der Waals surface area contributed by atoms with Crippen molar-refractivity contribution in [3.8, 4) is 10.6 Å². The molecule has 0 bridgehead atoms. The summed E-state index contributed by atoms with van der Waals surface area (Å²) in [5.74, 6) is 0.879. The van der Waals surface area contributed by atoms with Crippen molar-refractivity contribution in [3.05, 3.63) is 35.6 Å². The third kappa shape index (κ3) is 2.75. The van der Waals surface area contributed by atoms with Gasteiger partial charge in [0.15, 0.2) is 0 Å². The lowest BCUT2D eigenvalue weighted by atomic mass is 10.2. The van der Waals surface area contributed by atoms with Crippen LogP contribution in [-0.4, -0.2) is 35.8 Å². The van der Waals surface area contributed by atoms with Gasteiger partial charge in [-0.15, -0.1) is 11.3 Å². The molecule has 0 radical (unpaired) electrons. The van der Waals surface area contributed by atoms with Gasteiger partial charge in [0.2, 0.25) is 0 Å². The fourth-order valence-electron chi connectivity index (χ4n) is 2.03. The summed E-state index contributed by atoms with van der Waals surface area (Å²) < 4.78 is 5.44. The number of morpholine rings is 1. The maximum Gasteiger partial charge on any atom is 0.130 e. The maximum absolute atomic E-state index is 5.44. The van der Waals surface area contributed by atoms with E-state index in [0.717, 1.165) is 37.7 Å². The molecular formula is C13H15N3OS. The molecule has 1 fully saturated rings. The average Bonchev–Trinajstić information content (AvgIpc) is 2.94. The minimum atomic E-state index is 0.331. The maximum atomic E-state index is 5.44. The SMILES string of the molecule is c1csc(-c2ccnc(CC3COCCN3)n2)c1. The number of hydrogen-bond donors (Lipinski definition) is 1. The summed E-state index contributed by atoms with van der Waals surface area (Å²) in [4.78, 5) is 10.1. The smallest absolute Gasteiger partial charge is 0.130 e. The van der Waals surface area contributed by atoms with Gasteiger partial charge in [0.25, 0.3) is 0 Å². The van der Waals surface area contributed by atoms with Crippen LogP contribution in [0.4, 0.5) is 0 Å². The molecule has 1 saturated heterocycles. The van der Waals surface area contributed by atoms with Crippen molar-refractivity contribution in [2.45, 2.75) is 12.5 Å². The molecule has 1 aliphatic heterocycles. The van der Waals surface area contributed by atoms with Gasteiger partial charge in [0, 0.05) is 25.2 Å². The Labute approximate surface area is 110 Å². The first-order valence-corrected chi connectivity index (χ1v) is 6.97. The van der Waals surface area contributed by atoms with E-state index >= 15 is 0 Å². The first-order valence-electron chi connectivity index (χ1n) is 6.09. The van der Waals surface area contributed by atoms with Crippen LogP contribution in [0.3, 0.4) is 0 Å². The highest BCUT2D eigenvalue weighted by atomic mass is 32.1. The molecule has 1 N–H and O–H groups in total. The topological polar surface area (TPSA) is 47.0 Å². The molecule has 0 spiro atoms. The van der Waals surface area contributed by atoms with E-state index in [-0.39, 0.29) is 0 Å². The summed E-state index contributed by atoms with van der Waals surface area (Å²) in [6.07, 6.45) is 2.65. The highest BCUT2D eigenvalue weighted by molar-refractivity contribution is 7.13. The summed E-state index contributed by atoms with van der Waals surface area (Å²) in [6, 6.07) is 6.41. The van der Waals surface area contributed by atoms with E-state index < -0.39 is 0 Å². The lowest BCUT2D eigenvalue weighted by Crippen LogP contribution is -2.42. The Hall–Kier alpha value is -1.30. The van der Waals surface area contributed by atoms with E-state index in [1.54, 1.807) is 11.3 Å². The second-order valence-electron chi connectivity index (χ2n) is 4.27. The molecule has 1 unspecified atom stereocenters. The molecule has 4 nitrogen and oxygen atoms in total. The van der Waals surface area contributed by atoms with Gasteiger partial charge in [-0.3, -0.25) is 0 Å². The van der Waals surface area contributed by atoms with Crippen molar-refractivity contribution >= 4 is 11.3 Å². The van der Waals surface area contributed by atoms with Gasteiger partial charge in [-0.1, -0.05) is 6.07 Å². The number of rotatable bonds is 3. The summed E-state index contributed by atoms with van der Waals surface area (Å²) in [5, 5.41) is 5.48. The Balaban J connectivity index is 1.74. The van der Waals surface area contributed by atoms with E-state index in [9.17, 15) is 0 Å². The van der Waals surface area contributed by atoms with E-state index in [1.165, 1.54) is 4.88 Å². The molecule has 3 rings (SSSR count). The van der Waals surface area contributed by atoms with Gasteiger partial charge in [0.05, 0.1) is 23.8 Å². The van der Waals surface area contributed by atoms with Crippen LogP contribution >= 0.6 is 11.3 Å². The molecule has 94 valence electrons. The summed E-state index contributed by atoms with van der Waals surface area (Å²) in [5.41, 5.74) is 1.01. The van der Waals surface area contributed by atoms with Gasteiger partial charge >= 0.3 is 0 Å². The first-order chi connectivity index (χ1) is 8.92. The van der Waals surface area contributed by atoms with Gasteiger partial charge < -0.3 is 10.1 Å². The molecule has 1 aliphatic rings. The third-order valence-electron chi connectivity index (χ3n) is 2.91. The molecule has 0 saturated carbocycles. The Morgan fingerprint density at radius 3 is 3.22 bits per heavy atom. The van der Waals surface area contributed by atoms with Crippen molar-refractivity contribution in [2.75, 3.05) is 19.8 Å². The predicted octanol–water partition coefficient (Wildman–Crippen LogP) is 1.74. The zero-order chi connectivity index (χ0) is 12.2. The number of nitrogens with one attached hydrogen (secondary N) is 1. The van der Waals surface area contributed by atoms with Crippen LogP contribution in [-0.2, 0) is 11.2 Å². The molecular weight excluding hydrogens is 246 g/mol. The summed E-state index contributed by atoms with van der Waals surface area (Å²) >= 11 is 1.70. The Morgan fingerprint density at radius 2 is 2.44 bits per heavy atom. The highest BCUT2D eigenvalue weighted by Gasteiger charge is 2.15. The molecule has 1 atom stereocenters. The van der Waals surface area contributed by atoms with Crippen molar-refractivity contribution in [1.29, 1.82) is 0 Å². The zero-order valence-corrected chi connectivity index (χ0v) is 10.8. The fourth-order valence-corrected chi connectivity index (χ4v) is 2.73. The van der Waals surface area contributed by atoms with Gasteiger partial charge in [-0.25, -0.2) is 9.97 Å². The molecule has 0 amide bonds. The number of thiophene rings is 1. The molecule has 18 heavy (non-hydrogen) atoms. The minimum absolute atomic E-state index is 0.331. The third-order valence-corrected chi connectivity index (χ3v) is 3.80. The molecule has 5 heteroatoms. The highest BCUT2D eigenvalue weighted by Crippen LogP contribution is 2.22. The van der Waals surface area contributed by atoms with Gasteiger partial charge in [0.1, 0.15) is 5.82 Å². The van der Waals surface area contributed by atoms with E-state index in [2.05, 4.69) is 26.7 Å². The van der Waals surface area contributed by atoms with Crippen LogP contribution in [0.2, 0.25) is 0 Å². The predicted molar refractivity (Wildman–Crippen MR) is 71.7 cm³/mol. The quantitative estimate of drug-likeness (QED) is 0.914. The van der Waals surface area contributed by atoms with Crippen molar-refractivity contribution in [2.24, 2.45) is 0 Å². The largest absolute Gasteiger partial charge is 0.379 e. The van der Waals surface area contributed by atoms with Crippen LogP contribution in [0.1, 0.15) is 5.82 Å². The Bertz CT molecular complexity index is 495. The van der Waals surface area contributed by atoms with Crippen LogP contribution in [0, 0.1) is 0 Å². The number of nitrogens with zero attached hydrogens (tertiary/aromatic N) is 2. The van der Waals surface area contributed by atoms with Gasteiger partial charge in [-0.05, 0) is 17.5 Å². The monoisotopic (exact) mass is 261 g/mol. The Morgan fingerprint density at radius 1 is 1.44 bits per heavy atom. The summed E-state index contributed by atoms with van der Waals surface area (Å²) in [7, 11) is 0. The fraction of sp³-hybridized carbons (Fsp3) is 0.385. The van der Waals surface area contributed by atoms with Crippen LogP contribution in [0.15, 0.2) is 29.8 Å². The number of hydrogen-bond acceptors (Lipinski definition) is 5. The van der Waals surface area contributed by atoms with Crippen LogP contribution in [0.5, 0.6) is 0 Å². The van der Waals surface area contributed by atoms with Crippen LogP contribution < -0.4 is 5.32 Å². The summed E-state index contributed by atoms with van der Waals surface area (Å²) in [6.45, 7) is 2.45.